The Morgan fingerprint density at radius 1 is 1.09 bits per heavy atom. The van der Waals surface area contributed by atoms with E-state index in [1.54, 1.807) is 5.57 Å². The summed E-state index contributed by atoms with van der Waals surface area (Å²) in [5.74, 6) is 0.659. The van der Waals surface area contributed by atoms with Crippen LogP contribution in [0.15, 0.2) is 35.5 Å². The Kier molecular flexibility index (Phi) is 8.83. The van der Waals surface area contributed by atoms with Gasteiger partial charge in [-0.15, -0.1) is 0 Å². The Morgan fingerprint density at radius 3 is 2.36 bits per heavy atom. The fourth-order valence-corrected chi connectivity index (χ4v) is 3.50. The normalized spacial score (nSPS) is 19.4. The minimum absolute atomic E-state index is 0.275. The Balaban J connectivity index is 2.43. The van der Waals surface area contributed by atoms with Crippen molar-refractivity contribution in [3.8, 4) is 0 Å². The van der Waals surface area contributed by atoms with Crippen molar-refractivity contribution in [1.82, 2.24) is 0 Å². The molecule has 126 valence electrons. The van der Waals surface area contributed by atoms with Crippen LogP contribution >= 0.6 is 0 Å². The molecule has 0 heterocycles. The van der Waals surface area contributed by atoms with Crippen molar-refractivity contribution in [2.75, 3.05) is 0 Å². The predicted molar refractivity (Wildman–Crippen MR) is 101 cm³/mol. The van der Waals surface area contributed by atoms with E-state index in [0.717, 1.165) is 0 Å². The summed E-state index contributed by atoms with van der Waals surface area (Å²) in [4.78, 5) is 0. The van der Waals surface area contributed by atoms with Crippen LogP contribution < -0.4 is 0 Å². The zero-order valence-corrected chi connectivity index (χ0v) is 15.8. The topological polar surface area (TPSA) is 0 Å². The SMILES string of the molecule is CC=CC(C)(C)C1C=C(CCCCCCCCC)C(C)=CC1. The van der Waals surface area contributed by atoms with Crippen molar-refractivity contribution >= 4 is 0 Å². The van der Waals surface area contributed by atoms with Crippen LogP contribution in [-0.4, -0.2) is 0 Å². The molecule has 0 heteroatoms. The first-order valence-electron chi connectivity index (χ1n) is 9.53. The van der Waals surface area contributed by atoms with Gasteiger partial charge in [-0.3, -0.25) is 0 Å². The largest absolute Gasteiger partial charge is 0.0911 e. The number of allylic oxidation sites excluding steroid dienone is 6. The van der Waals surface area contributed by atoms with Gasteiger partial charge in [0.1, 0.15) is 0 Å². The highest BCUT2D eigenvalue weighted by Gasteiger charge is 2.26. The summed E-state index contributed by atoms with van der Waals surface area (Å²) < 4.78 is 0. The van der Waals surface area contributed by atoms with Crippen molar-refractivity contribution in [3.63, 3.8) is 0 Å². The zero-order chi connectivity index (χ0) is 16.4. The van der Waals surface area contributed by atoms with Gasteiger partial charge in [-0.1, -0.05) is 89.2 Å². The van der Waals surface area contributed by atoms with Crippen molar-refractivity contribution in [2.24, 2.45) is 11.3 Å². The molecule has 1 aliphatic carbocycles. The summed E-state index contributed by atoms with van der Waals surface area (Å²) >= 11 is 0. The van der Waals surface area contributed by atoms with Crippen LogP contribution in [0.5, 0.6) is 0 Å². The average Bonchev–Trinajstić information content (AvgIpc) is 2.47. The van der Waals surface area contributed by atoms with Crippen LogP contribution in [0.2, 0.25) is 0 Å². The molecule has 0 fully saturated rings. The molecule has 0 nitrogen and oxygen atoms in total. The van der Waals surface area contributed by atoms with Gasteiger partial charge < -0.3 is 0 Å². The average molecular weight is 303 g/mol. The minimum atomic E-state index is 0.275. The number of hydrogen-bond donors (Lipinski definition) is 0. The quantitative estimate of drug-likeness (QED) is 0.287. The van der Waals surface area contributed by atoms with Gasteiger partial charge in [0.25, 0.3) is 0 Å². The minimum Gasteiger partial charge on any atom is -0.0911 e. The van der Waals surface area contributed by atoms with E-state index in [2.05, 4.69) is 58.9 Å². The van der Waals surface area contributed by atoms with Gasteiger partial charge >= 0.3 is 0 Å². The second kappa shape index (κ2) is 10.1. The van der Waals surface area contributed by atoms with E-state index in [9.17, 15) is 0 Å². The third-order valence-electron chi connectivity index (χ3n) is 5.19. The molecule has 0 amide bonds. The standard InChI is InChI=1S/C22H38/c1-6-8-9-10-11-12-13-14-20-18-21(16-15-19(20)3)22(4,5)17-7-2/h7,15,17-18,21H,6,8-14,16H2,1-5H3. The van der Waals surface area contributed by atoms with E-state index in [1.165, 1.54) is 63.4 Å². The molecule has 1 aliphatic rings. The number of unbranched alkanes of at least 4 members (excludes halogenated alkanes) is 6. The molecule has 0 saturated carbocycles. The number of hydrogen-bond acceptors (Lipinski definition) is 0. The van der Waals surface area contributed by atoms with Gasteiger partial charge in [0.2, 0.25) is 0 Å². The second-order valence-electron chi connectivity index (χ2n) is 7.61. The summed E-state index contributed by atoms with van der Waals surface area (Å²) in [6, 6.07) is 0. The highest BCUT2D eigenvalue weighted by molar-refractivity contribution is 5.34. The first-order chi connectivity index (χ1) is 10.5. The predicted octanol–water partition coefficient (Wildman–Crippen LogP) is 7.62. The molecular weight excluding hydrogens is 264 g/mol. The van der Waals surface area contributed by atoms with Gasteiger partial charge in [0.15, 0.2) is 0 Å². The lowest BCUT2D eigenvalue weighted by atomic mass is 9.72. The lowest BCUT2D eigenvalue weighted by Gasteiger charge is -2.32. The smallest absolute Gasteiger partial charge is 0.0107 e. The fraction of sp³-hybridized carbons (Fsp3) is 0.727. The van der Waals surface area contributed by atoms with Crippen molar-refractivity contribution in [2.45, 2.75) is 92.4 Å². The molecule has 0 aromatic rings. The maximum Gasteiger partial charge on any atom is -0.0107 e. The fourth-order valence-electron chi connectivity index (χ4n) is 3.50. The zero-order valence-electron chi connectivity index (χ0n) is 15.8. The summed E-state index contributed by atoms with van der Waals surface area (Å²) in [5, 5.41) is 0. The Morgan fingerprint density at radius 2 is 1.73 bits per heavy atom. The first kappa shape index (κ1) is 19.3. The highest BCUT2D eigenvalue weighted by Crippen LogP contribution is 2.38. The molecule has 0 aliphatic heterocycles. The second-order valence-corrected chi connectivity index (χ2v) is 7.61. The maximum atomic E-state index is 2.58. The van der Waals surface area contributed by atoms with E-state index < -0.39 is 0 Å². The lowest BCUT2D eigenvalue weighted by Crippen LogP contribution is -2.21. The Bertz CT molecular complexity index is 392. The molecule has 1 rings (SSSR count). The molecular formula is C22H38. The lowest BCUT2D eigenvalue weighted by molar-refractivity contribution is 0.340. The monoisotopic (exact) mass is 302 g/mol. The van der Waals surface area contributed by atoms with Crippen molar-refractivity contribution < 1.29 is 0 Å². The molecule has 22 heavy (non-hydrogen) atoms. The molecule has 0 aromatic carbocycles. The molecule has 1 unspecified atom stereocenters. The molecule has 0 aromatic heterocycles. The third-order valence-corrected chi connectivity index (χ3v) is 5.19. The van der Waals surface area contributed by atoms with Crippen LogP contribution in [0.25, 0.3) is 0 Å². The highest BCUT2D eigenvalue weighted by atomic mass is 14.3. The molecule has 0 radical (unpaired) electrons. The van der Waals surface area contributed by atoms with Crippen molar-refractivity contribution in [1.29, 1.82) is 0 Å². The maximum absolute atomic E-state index is 2.58. The van der Waals surface area contributed by atoms with Crippen LogP contribution in [0.4, 0.5) is 0 Å². The van der Waals surface area contributed by atoms with E-state index in [1.807, 2.05) is 0 Å². The van der Waals surface area contributed by atoms with Gasteiger partial charge in [0, 0.05) is 0 Å². The number of rotatable bonds is 10. The van der Waals surface area contributed by atoms with Gasteiger partial charge in [0.05, 0.1) is 0 Å². The summed E-state index contributed by atoms with van der Waals surface area (Å²) in [5.41, 5.74) is 3.41. The molecule has 1 atom stereocenters. The van der Waals surface area contributed by atoms with Crippen LogP contribution in [0, 0.1) is 11.3 Å². The van der Waals surface area contributed by atoms with Gasteiger partial charge in [-0.05, 0) is 50.0 Å². The van der Waals surface area contributed by atoms with Crippen molar-refractivity contribution in [3.05, 3.63) is 35.5 Å². The van der Waals surface area contributed by atoms with Gasteiger partial charge in [-0.25, -0.2) is 0 Å². The van der Waals surface area contributed by atoms with Crippen LogP contribution in [-0.2, 0) is 0 Å². The van der Waals surface area contributed by atoms with Crippen LogP contribution in [0.3, 0.4) is 0 Å². The summed E-state index contributed by atoms with van der Waals surface area (Å²) in [7, 11) is 0. The Hall–Kier alpha value is -0.780. The molecule has 0 N–H and O–H groups in total. The third kappa shape index (κ3) is 6.55. The molecule has 0 spiro atoms. The summed E-state index contributed by atoms with van der Waals surface area (Å²) in [6.07, 6.45) is 21.9. The van der Waals surface area contributed by atoms with E-state index >= 15 is 0 Å². The van der Waals surface area contributed by atoms with Crippen LogP contribution in [0.1, 0.15) is 92.4 Å². The Labute approximate surface area is 139 Å². The van der Waals surface area contributed by atoms with E-state index in [-0.39, 0.29) is 5.41 Å². The van der Waals surface area contributed by atoms with E-state index in [4.69, 9.17) is 0 Å². The summed E-state index contributed by atoms with van der Waals surface area (Å²) in [6.45, 7) is 11.5. The molecule has 0 saturated heterocycles. The van der Waals surface area contributed by atoms with Gasteiger partial charge in [-0.2, -0.15) is 0 Å². The first-order valence-corrected chi connectivity index (χ1v) is 9.53. The van der Waals surface area contributed by atoms with E-state index in [0.29, 0.717) is 5.92 Å². The molecule has 0 bridgehead atoms.